The minimum Gasteiger partial charge on any atom is -0.330 e. The lowest BCUT2D eigenvalue weighted by atomic mass is 9.84. The van der Waals surface area contributed by atoms with Crippen LogP contribution in [-0.2, 0) is 0 Å². The van der Waals surface area contributed by atoms with Crippen LogP contribution in [0.5, 0.6) is 0 Å². The molecule has 1 aromatic carbocycles. The molecule has 2 nitrogen and oxygen atoms in total. The fourth-order valence-electron chi connectivity index (χ4n) is 2.98. The maximum Gasteiger partial charge on any atom is 0.0294 e. The van der Waals surface area contributed by atoms with E-state index < -0.39 is 0 Å². The number of hydrogen-bond donors (Lipinski definition) is 2. The standard InChI is InChI=1S/C16H26N2/c1-12-7-9-14(10-8-12)13(2)18-16-6-4-3-5-15(16)11-17/h7-10,13,15-16,18H,3-6,11,17H2,1-2H3. The molecule has 3 atom stereocenters. The van der Waals surface area contributed by atoms with Crippen molar-refractivity contribution in [3.63, 3.8) is 0 Å². The lowest BCUT2D eigenvalue weighted by molar-refractivity contribution is 0.252. The Kier molecular flexibility index (Phi) is 4.79. The predicted molar refractivity (Wildman–Crippen MR) is 77.5 cm³/mol. The van der Waals surface area contributed by atoms with E-state index >= 15 is 0 Å². The van der Waals surface area contributed by atoms with Gasteiger partial charge in [-0.3, -0.25) is 0 Å². The van der Waals surface area contributed by atoms with Gasteiger partial charge in [-0.1, -0.05) is 42.7 Å². The van der Waals surface area contributed by atoms with Crippen molar-refractivity contribution in [3.05, 3.63) is 35.4 Å². The van der Waals surface area contributed by atoms with Gasteiger partial charge in [-0.15, -0.1) is 0 Å². The Morgan fingerprint density at radius 1 is 1.22 bits per heavy atom. The average Bonchev–Trinajstić information content (AvgIpc) is 2.40. The lowest BCUT2D eigenvalue weighted by Crippen LogP contribution is -2.42. The number of nitrogens with one attached hydrogen (secondary N) is 1. The van der Waals surface area contributed by atoms with Crippen LogP contribution >= 0.6 is 0 Å². The highest BCUT2D eigenvalue weighted by atomic mass is 15.0. The summed E-state index contributed by atoms with van der Waals surface area (Å²) in [6.07, 6.45) is 5.25. The van der Waals surface area contributed by atoms with Crippen LogP contribution in [0, 0.1) is 12.8 Å². The minimum absolute atomic E-state index is 0.419. The van der Waals surface area contributed by atoms with Crippen LogP contribution in [0.4, 0.5) is 0 Å². The molecule has 1 saturated carbocycles. The number of hydrogen-bond acceptors (Lipinski definition) is 2. The molecule has 0 bridgehead atoms. The van der Waals surface area contributed by atoms with Crippen molar-refractivity contribution in [2.45, 2.75) is 51.6 Å². The first-order chi connectivity index (χ1) is 8.70. The van der Waals surface area contributed by atoms with Gasteiger partial charge in [-0.25, -0.2) is 0 Å². The molecule has 100 valence electrons. The van der Waals surface area contributed by atoms with Crippen LogP contribution in [0.1, 0.15) is 49.8 Å². The van der Waals surface area contributed by atoms with Crippen molar-refractivity contribution in [1.82, 2.24) is 5.32 Å². The van der Waals surface area contributed by atoms with Gasteiger partial charge in [0.1, 0.15) is 0 Å². The van der Waals surface area contributed by atoms with Crippen LogP contribution < -0.4 is 11.1 Å². The van der Waals surface area contributed by atoms with Gasteiger partial charge in [-0.2, -0.15) is 0 Å². The number of aryl methyl sites for hydroxylation is 1. The topological polar surface area (TPSA) is 38.0 Å². The summed E-state index contributed by atoms with van der Waals surface area (Å²) in [4.78, 5) is 0. The van der Waals surface area contributed by atoms with Crippen molar-refractivity contribution >= 4 is 0 Å². The van der Waals surface area contributed by atoms with Gasteiger partial charge >= 0.3 is 0 Å². The van der Waals surface area contributed by atoms with Crippen molar-refractivity contribution in [3.8, 4) is 0 Å². The lowest BCUT2D eigenvalue weighted by Gasteiger charge is -2.34. The van der Waals surface area contributed by atoms with Crippen LogP contribution in [-0.4, -0.2) is 12.6 Å². The molecule has 0 saturated heterocycles. The smallest absolute Gasteiger partial charge is 0.0294 e. The molecule has 0 heterocycles. The molecule has 3 unspecified atom stereocenters. The first kappa shape index (κ1) is 13.6. The van der Waals surface area contributed by atoms with E-state index in [0.717, 1.165) is 6.54 Å². The zero-order valence-electron chi connectivity index (χ0n) is 11.7. The maximum atomic E-state index is 5.89. The highest BCUT2D eigenvalue weighted by Crippen LogP contribution is 2.26. The van der Waals surface area contributed by atoms with Crippen molar-refractivity contribution in [2.75, 3.05) is 6.54 Å². The van der Waals surface area contributed by atoms with Gasteiger partial charge in [0, 0.05) is 12.1 Å². The molecular weight excluding hydrogens is 220 g/mol. The summed E-state index contributed by atoms with van der Waals surface area (Å²) in [5, 5.41) is 3.78. The Morgan fingerprint density at radius 3 is 2.56 bits per heavy atom. The molecule has 2 rings (SSSR count). The molecule has 1 aromatic rings. The molecule has 0 aliphatic heterocycles. The summed E-state index contributed by atoms with van der Waals surface area (Å²) in [6.45, 7) is 5.21. The van der Waals surface area contributed by atoms with E-state index in [1.807, 2.05) is 0 Å². The van der Waals surface area contributed by atoms with Crippen LogP contribution in [0.2, 0.25) is 0 Å². The predicted octanol–water partition coefficient (Wildman–Crippen LogP) is 3.16. The van der Waals surface area contributed by atoms with E-state index in [4.69, 9.17) is 5.73 Å². The molecule has 0 spiro atoms. The molecule has 0 amide bonds. The van der Waals surface area contributed by atoms with E-state index in [0.29, 0.717) is 18.0 Å². The van der Waals surface area contributed by atoms with Crippen LogP contribution in [0.3, 0.4) is 0 Å². The molecule has 1 aliphatic rings. The summed E-state index contributed by atoms with van der Waals surface area (Å²) in [5.41, 5.74) is 8.59. The zero-order chi connectivity index (χ0) is 13.0. The Hall–Kier alpha value is -0.860. The molecule has 0 aromatic heterocycles. The van der Waals surface area contributed by atoms with Crippen LogP contribution in [0.25, 0.3) is 0 Å². The number of nitrogens with two attached hydrogens (primary N) is 1. The van der Waals surface area contributed by atoms with Gasteiger partial charge in [0.05, 0.1) is 0 Å². The van der Waals surface area contributed by atoms with Gasteiger partial charge < -0.3 is 11.1 Å². The fraction of sp³-hybridized carbons (Fsp3) is 0.625. The fourth-order valence-corrected chi connectivity index (χ4v) is 2.98. The number of rotatable bonds is 4. The Labute approximate surface area is 111 Å². The van der Waals surface area contributed by atoms with E-state index in [2.05, 4.69) is 43.4 Å². The van der Waals surface area contributed by atoms with Crippen molar-refractivity contribution in [1.29, 1.82) is 0 Å². The monoisotopic (exact) mass is 246 g/mol. The summed E-state index contributed by atoms with van der Waals surface area (Å²) >= 11 is 0. The zero-order valence-corrected chi connectivity index (χ0v) is 11.7. The van der Waals surface area contributed by atoms with Crippen molar-refractivity contribution in [2.24, 2.45) is 11.7 Å². The summed E-state index contributed by atoms with van der Waals surface area (Å²) in [7, 11) is 0. The van der Waals surface area contributed by atoms with Crippen molar-refractivity contribution < 1.29 is 0 Å². The Morgan fingerprint density at radius 2 is 1.89 bits per heavy atom. The summed E-state index contributed by atoms with van der Waals surface area (Å²) < 4.78 is 0. The third-order valence-corrected chi connectivity index (χ3v) is 4.25. The molecule has 0 radical (unpaired) electrons. The molecule has 3 N–H and O–H groups in total. The first-order valence-electron chi connectivity index (χ1n) is 7.23. The summed E-state index contributed by atoms with van der Waals surface area (Å²) in [5.74, 6) is 0.659. The van der Waals surface area contributed by atoms with Gasteiger partial charge in [0.25, 0.3) is 0 Å². The Bertz CT molecular complexity index is 358. The molecule has 1 fully saturated rings. The molecule has 1 aliphatic carbocycles. The van der Waals surface area contributed by atoms with E-state index in [9.17, 15) is 0 Å². The Balaban J connectivity index is 1.97. The summed E-state index contributed by atoms with van der Waals surface area (Å²) in [6, 6.07) is 9.85. The number of benzene rings is 1. The second-order valence-corrected chi connectivity index (χ2v) is 5.69. The largest absolute Gasteiger partial charge is 0.330 e. The third-order valence-electron chi connectivity index (χ3n) is 4.25. The van der Waals surface area contributed by atoms with Gasteiger partial charge in [-0.05, 0) is 44.7 Å². The second kappa shape index (κ2) is 6.35. The SMILES string of the molecule is Cc1ccc(C(C)NC2CCCCC2CN)cc1. The van der Waals surface area contributed by atoms with E-state index in [1.165, 1.54) is 36.8 Å². The van der Waals surface area contributed by atoms with Crippen LogP contribution in [0.15, 0.2) is 24.3 Å². The molecule has 18 heavy (non-hydrogen) atoms. The van der Waals surface area contributed by atoms with Gasteiger partial charge in [0.2, 0.25) is 0 Å². The van der Waals surface area contributed by atoms with Gasteiger partial charge in [0.15, 0.2) is 0 Å². The second-order valence-electron chi connectivity index (χ2n) is 5.69. The third kappa shape index (κ3) is 3.33. The average molecular weight is 246 g/mol. The normalized spacial score (nSPS) is 25.9. The highest BCUT2D eigenvalue weighted by molar-refractivity contribution is 5.23. The van der Waals surface area contributed by atoms with E-state index in [-0.39, 0.29) is 0 Å². The van der Waals surface area contributed by atoms with E-state index in [1.54, 1.807) is 0 Å². The maximum absolute atomic E-state index is 5.89. The first-order valence-corrected chi connectivity index (χ1v) is 7.23. The minimum atomic E-state index is 0.419. The highest BCUT2D eigenvalue weighted by Gasteiger charge is 2.25. The molecular formula is C16H26N2. The molecule has 2 heteroatoms. The quantitative estimate of drug-likeness (QED) is 0.856.